The molecule has 0 amide bonds. The molecule has 10 nitrogen and oxygen atoms in total. The van der Waals surface area contributed by atoms with E-state index >= 15 is 0 Å². The number of hydrogen-bond donors (Lipinski definition) is 2. The van der Waals surface area contributed by atoms with Gasteiger partial charge in [-0.25, -0.2) is 0 Å². The zero-order valence-corrected chi connectivity index (χ0v) is 98.1. The van der Waals surface area contributed by atoms with Crippen LogP contribution in [0, 0.1) is 118 Å². The Kier molecular flexibility index (Phi) is 51.6. The number of carbonyl (C=O) groups is 2. The van der Waals surface area contributed by atoms with Gasteiger partial charge in [-0.15, -0.1) is 213 Å². The zero-order chi connectivity index (χ0) is 102. The number of para-hydroxylation sites is 1. The minimum absolute atomic E-state index is 0. The Hall–Kier alpha value is -12.1. The number of rotatable bonds is 21. The molecule has 17 rings (SSSR count). The molecule has 0 fully saturated rings. The number of ketones is 2. The minimum Gasteiger partial charge on any atom is -0.512 e. The molecule has 0 bridgehead atoms. The van der Waals surface area contributed by atoms with Crippen molar-refractivity contribution in [3.05, 3.63) is 444 Å². The van der Waals surface area contributed by atoms with E-state index in [1.54, 1.807) is 6.20 Å². The smallest absolute Gasteiger partial charge is 0.164 e. The van der Waals surface area contributed by atoms with Crippen molar-refractivity contribution in [2.75, 3.05) is 0 Å². The molecule has 0 aliphatic rings. The third-order valence-corrected chi connectivity index (χ3v) is 22.6. The van der Waals surface area contributed by atoms with Gasteiger partial charge >= 0.3 is 0 Å². The van der Waals surface area contributed by atoms with Gasteiger partial charge in [-0.3, -0.25) is 19.6 Å². The van der Waals surface area contributed by atoms with Crippen LogP contribution >= 0.6 is 0 Å². The van der Waals surface area contributed by atoms with Gasteiger partial charge in [0.05, 0.1) is 16.8 Å². The molecule has 17 aromatic rings. The summed E-state index contributed by atoms with van der Waals surface area (Å²) >= 11 is 0. The Labute approximate surface area is 925 Å². The van der Waals surface area contributed by atoms with E-state index in [1.165, 1.54) is 89.7 Å². The maximum Gasteiger partial charge on any atom is 0.164 e. The zero-order valence-electron chi connectivity index (χ0n) is 88.6. The molecule has 0 atom stereocenters. The molecule has 0 unspecified atom stereocenters. The summed E-state index contributed by atoms with van der Waals surface area (Å²) in [6.45, 7) is 45.3. The van der Waals surface area contributed by atoms with Gasteiger partial charge in [-0.05, 0) is 183 Å². The van der Waals surface area contributed by atoms with Crippen molar-refractivity contribution in [3.63, 3.8) is 0 Å². The summed E-state index contributed by atoms with van der Waals surface area (Å²) < 4.78 is 0. The van der Waals surface area contributed by atoms with Crippen LogP contribution in [-0.2, 0) is 109 Å². The van der Waals surface area contributed by atoms with Crippen LogP contribution in [-0.4, -0.2) is 51.7 Å². The molecule has 764 valence electrons. The minimum atomic E-state index is -0.417. The average Bonchev–Trinajstić information content (AvgIpc) is 0.840. The number of allylic oxidation sites excluding steroid dienone is 4. The fourth-order valence-electron chi connectivity index (χ4n) is 15.5. The number of hydrogen-bond acceptors (Lipinski definition) is 10. The first-order valence-electron chi connectivity index (χ1n) is 49.4. The van der Waals surface area contributed by atoms with Gasteiger partial charge in [0.25, 0.3) is 0 Å². The molecule has 0 aliphatic heterocycles. The van der Waals surface area contributed by atoms with Crippen molar-refractivity contribution < 1.29 is 100 Å². The number of aryl methyl sites for hydroxylation is 6. The van der Waals surface area contributed by atoms with Gasteiger partial charge in [0.15, 0.2) is 11.6 Å². The van der Waals surface area contributed by atoms with Crippen molar-refractivity contribution in [2.24, 2.45) is 40.4 Å². The molecule has 0 spiro atoms. The normalized spacial score (nSPS) is 11.0. The summed E-state index contributed by atoms with van der Waals surface area (Å²) in [6, 6.07) is 126. The maximum atomic E-state index is 11.5. The van der Waals surface area contributed by atoms with E-state index in [0.29, 0.717) is 42.4 Å². The van der Waals surface area contributed by atoms with Crippen molar-refractivity contribution in [2.45, 2.75) is 184 Å². The fourth-order valence-corrected chi connectivity index (χ4v) is 15.5. The van der Waals surface area contributed by atoms with Crippen molar-refractivity contribution in [3.8, 4) is 101 Å². The summed E-state index contributed by atoms with van der Waals surface area (Å²) in [5, 5.41) is 21.4. The summed E-state index contributed by atoms with van der Waals surface area (Å²) in [6.07, 6.45) is 14.5. The third-order valence-electron chi connectivity index (χ3n) is 22.6. The van der Waals surface area contributed by atoms with Crippen molar-refractivity contribution in [1.82, 2.24) is 29.9 Å². The first-order valence-corrected chi connectivity index (χ1v) is 49.4. The van der Waals surface area contributed by atoms with Gasteiger partial charge in [0.1, 0.15) is 5.76 Å². The number of aromatic nitrogens is 6. The molecule has 0 saturated carbocycles. The molecule has 14 heteroatoms. The molecular formula is C132H140Ir4N6O4-6. The predicted octanol–water partition coefficient (Wildman–Crippen LogP) is 34.2. The van der Waals surface area contributed by atoms with Gasteiger partial charge in [-0.2, -0.15) is 0 Å². The van der Waals surface area contributed by atoms with Gasteiger partial charge in [0, 0.05) is 152 Å². The van der Waals surface area contributed by atoms with Crippen LogP contribution in [0.3, 0.4) is 0 Å². The topological polar surface area (TPSA) is 152 Å². The molecule has 2 N–H and O–H groups in total. The molecule has 146 heavy (non-hydrogen) atoms. The van der Waals surface area contributed by atoms with E-state index in [1.807, 2.05) is 240 Å². The molecule has 6 aromatic heterocycles. The summed E-state index contributed by atoms with van der Waals surface area (Å²) in [7, 11) is 0. The summed E-state index contributed by atoms with van der Waals surface area (Å²) in [4.78, 5) is 50.1. The number of nitrogens with zero attached hydrogens (tertiary/aromatic N) is 6. The Morgan fingerprint density at radius 3 is 1.18 bits per heavy atom. The van der Waals surface area contributed by atoms with E-state index in [9.17, 15) is 19.8 Å². The maximum absolute atomic E-state index is 11.5. The number of fused-ring (bicyclic) bond motifs is 2. The average molecular weight is 2640 g/mol. The quantitative estimate of drug-likeness (QED) is 0.0404. The van der Waals surface area contributed by atoms with Gasteiger partial charge < -0.3 is 30.1 Å². The second-order valence-corrected chi connectivity index (χ2v) is 40.4. The number of benzene rings is 11. The first-order chi connectivity index (χ1) is 67.9. The molecule has 0 aliphatic carbocycles. The second kappa shape index (κ2) is 61.5. The summed E-state index contributed by atoms with van der Waals surface area (Å²) in [5.74, 6) is 2.98. The van der Waals surface area contributed by atoms with Crippen LogP contribution in [0.15, 0.2) is 358 Å². The Morgan fingerprint density at radius 1 is 0.315 bits per heavy atom. The van der Waals surface area contributed by atoms with Crippen LogP contribution in [0.5, 0.6) is 0 Å². The van der Waals surface area contributed by atoms with E-state index in [0.717, 1.165) is 115 Å². The third kappa shape index (κ3) is 41.3. The van der Waals surface area contributed by atoms with Crippen LogP contribution in [0.2, 0.25) is 0 Å². The Balaban J connectivity index is 0.000000259. The Bertz CT molecular complexity index is 6730. The van der Waals surface area contributed by atoms with Crippen LogP contribution < -0.4 is 0 Å². The number of pyridine rings is 6. The molecule has 4 radical (unpaired) electrons. The van der Waals surface area contributed by atoms with Crippen LogP contribution in [0.4, 0.5) is 0 Å². The first kappa shape index (κ1) is 123. The van der Waals surface area contributed by atoms with Crippen molar-refractivity contribution >= 4 is 33.4 Å². The Morgan fingerprint density at radius 2 is 0.733 bits per heavy atom. The molecule has 0 saturated heterocycles. The molecule has 6 heterocycles. The standard InChI is InChI=1S/C28H28N.C21H22N.C21H20N.C17H12N.C12H10N.C11H8N.2C11H20O2.4Ir/c1-18(2)12-24-17-28(25-14-20(4)13-21(5)15-25)29-27-11-10-23(16-26(24)27)22-8-6-19(3)7-9-22;1-14(2)9-17-13-21(18-11-15(3)10-16(4)12-18)22-20-8-6-5-7-19(17)20;1-16(2)14-17-8-10-18(11-9-17)20-12-13-22-21(15-20)19-6-4-3-5-7-19;1-3-7-14(8-4-1)16-11-12-17(18-13-16)15-9-5-2-6-10-15;1-10-7-8-12(13-9-10)11-5-3-2-4-6-11;1-2-6-10(7-3-1)11-8-4-5-9-12-11;1-10(2,3)8(12)7-9(13)11(4,5)6;1-8(2)5-10(12)7-11(13)6-9(3)4;;;;/h6-11,13-14,16-18H,12H2,1-5H3;5-8,10-11,13-14H,9H2,1-4H3;3-6,8-13,15-16H,14H2,1-2H3;1-9,11-13H;2-5,7-9H,1H3;1-6,8-9H;7,12H,1-6H3;7-9,12H,5-6H2,1-4H3;;;;/q6*-1;;;;;;. The van der Waals surface area contributed by atoms with Crippen molar-refractivity contribution in [1.29, 1.82) is 0 Å². The summed E-state index contributed by atoms with van der Waals surface area (Å²) in [5.41, 5.74) is 32.2. The number of carbonyl (C=O) groups excluding carboxylic acids is 2. The number of aliphatic hydroxyl groups is 2. The van der Waals surface area contributed by atoms with E-state index < -0.39 is 5.41 Å². The molecular weight excluding hydrogens is 2500 g/mol. The van der Waals surface area contributed by atoms with E-state index in [2.05, 4.69) is 296 Å². The van der Waals surface area contributed by atoms with Gasteiger partial charge in [0.2, 0.25) is 0 Å². The predicted molar refractivity (Wildman–Crippen MR) is 596 cm³/mol. The largest absolute Gasteiger partial charge is 0.512 e. The number of aliphatic hydroxyl groups excluding tert-OH is 2. The van der Waals surface area contributed by atoms with Gasteiger partial charge in [-0.1, -0.05) is 302 Å². The van der Waals surface area contributed by atoms with E-state index in [-0.39, 0.29) is 109 Å². The van der Waals surface area contributed by atoms with Crippen LogP contribution in [0.25, 0.3) is 123 Å². The fraction of sp³-hybridized carbons (Fsp3) is 0.258. The monoisotopic (exact) mass is 2640 g/mol. The SMILES string of the molecule is CC(C)(C)C(=O)C=C(O)C(C)(C)C.CC(C)CC(=O)C=C(O)CC(C)C.CC(C)Cc1ccc(-c2ccnc(-c3[c-]cccc3)c2)cc1.Cc1[c-]c(-c2cc(CC(C)C)c3cc(-c4ccc(C)cc4)ccc3n2)cc(C)c1.Cc1[c-]c(-c2cc(CC(C)C)c3ccccc3n2)cc(C)c1.Cc1ccc(-c2[c-]cccc2)nc1.[Ir].[Ir].[Ir].[Ir].[c-]1ccccc1-c1ccc(-c2ccccc2)cn1.[c-]1ccccc1-c1ccccn1. The molecule has 11 aromatic carbocycles. The second-order valence-electron chi connectivity index (χ2n) is 40.4. The van der Waals surface area contributed by atoms with Crippen LogP contribution in [0.1, 0.15) is 174 Å². The van der Waals surface area contributed by atoms with E-state index in [4.69, 9.17) is 9.97 Å².